The second-order valence-corrected chi connectivity index (χ2v) is 6.07. The zero-order valence-corrected chi connectivity index (χ0v) is 13.5. The van der Waals surface area contributed by atoms with E-state index >= 15 is 0 Å². The Labute approximate surface area is 133 Å². The van der Waals surface area contributed by atoms with Crippen molar-refractivity contribution in [2.24, 2.45) is 0 Å². The summed E-state index contributed by atoms with van der Waals surface area (Å²) in [6, 6.07) is 12.2. The minimum absolute atomic E-state index is 0.652. The summed E-state index contributed by atoms with van der Waals surface area (Å²) in [6.45, 7) is 0. The molecule has 0 amide bonds. The zero-order valence-electron chi connectivity index (χ0n) is 11.2. The van der Waals surface area contributed by atoms with E-state index in [9.17, 15) is 0 Å². The van der Waals surface area contributed by atoms with E-state index in [0.717, 1.165) is 28.8 Å². The molecular formula is C17H16BrClO. The Hall–Kier alpha value is -0.990. The summed E-state index contributed by atoms with van der Waals surface area (Å²) in [5.74, 6) is 1.63. The minimum Gasteiger partial charge on any atom is -0.455 e. The predicted octanol–water partition coefficient (Wildman–Crippen LogP) is 5.91. The Morgan fingerprint density at radius 1 is 1.05 bits per heavy atom. The van der Waals surface area contributed by atoms with E-state index in [1.165, 1.54) is 30.4 Å². The third-order valence-electron chi connectivity index (χ3n) is 3.73. The molecule has 0 spiro atoms. The molecule has 0 aromatic heterocycles. The monoisotopic (exact) mass is 350 g/mol. The lowest BCUT2D eigenvalue weighted by atomic mass is 9.92. The smallest absolute Gasteiger partial charge is 0.150 e. The largest absolute Gasteiger partial charge is 0.455 e. The first-order valence-electron chi connectivity index (χ1n) is 6.91. The number of rotatable bonds is 3. The second kappa shape index (κ2) is 6.19. The maximum Gasteiger partial charge on any atom is 0.150 e. The molecular weight excluding hydrogens is 336 g/mol. The SMILES string of the molecule is Clc1cccc(CBr)c1Oc1ccc2c(c1)CCCC2. The van der Waals surface area contributed by atoms with Crippen molar-refractivity contribution in [1.29, 1.82) is 0 Å². The fourth-order valence-corrected chi connectivity index (χ4v) is 3.34. The van der Waals surface area contributed by atoms with Gasteiger partial charge in [0.05, 0.1) is 5.02 Å². The number of aryl methyl sites for hydroxylation is 2. The van der Waals surface area contributed by atoms with Gasteiger partial charge in [0.15, 0.2) is 0 Å². The highest BCUT2D eigenvalue weighted by Crippen LogP contribution is 2.35. The lowest BCUT2D eigenvalue weighted by Crippen LogP contribution is -2.02. The molecule has 0 bridgehead atoms. The summed E-state index contributed by atoms with van der Waals surface area (Å²) in [7, 11) is 0. The number of benzene rings is 2. The molecule has 104 valence electrons. The van der Waals surface area contributed by atoms with Gasteiger partial charge < -0.3 is 4.74 Å². The van der Waals surface area contributed by atoms with Crippen molar-refractivity contribution in [3.63, 3.8) is 0 Å². The fraction of sp³-hybridized carbons (Fsp3) is 0.294. The van der Waals surface area contributed by atoms with Gasteiger partial charge in [0.2, 0.25) is 0 Å². The highest BCUT2D eigenvalue weighted by Gasteiger charge is 2.12. The predicted molar refractivity (Wildman–Crippen MR) is 87.2 cm³/mol. The maximum atomic E-state index is 6.26. The average Bonchev–Trinajstić information content (AvgIpc) is 2.49. The number of fused-ring (bicyclic) bond motifs is 1. The van der Waals surface area contributed by atoms with E-state index < -0.39 is 0 Å². The normalized spacial score (nSPS) is 13.9. The van der Waals surface area contributed by atoms with Crippen molar-refractivity contribution in [3.8, 4) is 11.5 Å². The number of halogens is 2. The molecule has 0 radical (unpaired) electrons. The molecule has 2 aromatic carbocycles. The molecule has 0 saturated carbocycles. The van der Waals surface area contributed by atoms with E-state index in [-0.39, 0.29) is 0 Å². The third kappa shape index (κ3) is 2.87. The van der Waals surface area contributed by atoms with Gasteiger partial charge in [0.1, 0.15) is 11.5 Å². The number of para-hydroxylation sites is 1. The lowest BCUT2D eigenvalue weighted by molar-refractivity contribution is 0.477. The Kier molecular flexibility index (Phi) is 4.32. The molecule has 0 atom stereocenters. The van der Waals surface area contributed by atoms with Crippen LogP contribution < -0.4 is 4.74 Å². The van der Waals surface area contributed by atoms with Crippen molar-refractivity contribution < 1.29 is 4.74 Å². The molecule has 0 N–H and O–H groups in total. The summed E-state index contributed by atoms with van der Waals surface area (Å²) >= 11 is 9.73. The molecule has 0 fully saturated rings. The molecule has 3 heteroatoms. The topological polar surface area (TPSA) is 9.23 Å². The quantitative estimate of drug-likeness (QED) is 0.625. The Morgan fingerprint density at radius 2 is 1.85 bits per heavy atom. The van der Waals surface area contributed by atoms with E-state index in [2.05, 4.69) is 28.1 Å². The van der Waals surface area contributed by atoms with Gasteiger partial charge in [-0.1, -0.05) is 45.7 Å². The van der Waals surface area contributed by atoms with Crippen molar-refractivity contribution >= 4 is 27.5 Å². The van der Waals surface area contributed by atoms with Crippen LogP contribution >= 0.6 is 27.5 Å². The van der Waals surface area contributed by atoms with Crippen LogP contribution in [0.25, 0.3) is 0 Å². The summed E-state index contributed by atoms with van der Waals surface area (Å²) < 4.78 is 6.04. The molecule has 1 aliphatic rings. The number of hydrogen-bond acceptors (Lipinski definition) is 1. The molecule has 0 saturated heterocycles. The van der Waals surface area contributed by atoms with Gasteiger partial charge in [-0.05, 0) is 55.0 Å². The second-order valence-electron chi connectivity index (χ2n) is 5.10. The van der Waals surface area contributed by atoms with Gasteiger partial charge in [-0.3, -0.25) is 0 Å². The molecule has 3 rings (SSSR count). The van der Waals surface area contributed by atoms with Gasteiger partial charge in [-0.2, -0.15) is 0 Å². The van der Waals surface area contributed by atoms with Crippen LogP contribution in [0.5, 0.6) is 11.5 Å². The molecule has 2 aromatic rings. The third-order valence-corrected chi connectivity index (χ3v) is 4.63. The van der Waals surface area contributed by atoms with Crippen LogP contribution in [0, 0.1) is 0 Å². The van der Waals surface area contributed by atoms with Crippen molar-refractivity contribution in [2.75, 3.05) is 0 Å². The van der Waals surface area contributed by atoms with E-state index in [0.29, 0.717) is 5.02 Å². The molecule has 20 heavy (non-hydrogen) atoms. The van der Waals surface area contributed by atoms with E-state index in [4.69, 9.17) is 16.3 Å². The Balaban J connectivity index is 1.92. The molecule has 1 nitrogen and oxygen atoms in total. The van der Waals surface area contributed by atoms with Crippen LogP contribution in [0.3, 0.4) is 0 Å². The van der Waals surface area contributed by atoms with Crippen LogP contribution in [-0.4, -0.2) is 0 Å². The van der Waals surface area contributed by atoms with Gasteiger partial charge in [-0.25, -0.2) is 0 Å². The minimum atomic E-state index is 0.652. The number of alkyl halides is 1. The number of ether oxygens (including phenoxy) is 1. The van der Waals surface area contributed by atoms with Gasteiger partial charge in [0.25, 0.3) is 0 Å². The Morgan fingerprint density at radius 3 is 2.65 bits per heavy atom. The maximum absolute atomic E-state index is 6.26. The standard InChI is InChI=1S/C17H16BrClO/c18-11-14-6-3-7-16(19)17(14)20-15-9-8-12-4-1-2-5-13(12)10-15/h3,6-10H,1-2,4-5,11H2. The summed E-state index contributed by atoms with van der Waals surface area (Å²) in [4.78, 5) is 0. The van der Waals surface area contributed by atoms with Crippen molar-refractivity contribution in [1.82, 2.24) is 0 Å². The summed E-state index contributed by atoms with van der Waals surface area (Å²) in [6.07, 6.45) is 4.91. The molecule has 0 unspecified atom stereocenters. The average molecular weight is 352 g/mol. The molecule has 0 heterocycles. The molecule has 0 aliphatic heterocycles. The van der Waals surface area contributed by atoms with Crippen LogP contribution in [0.2, 0.25) is 5.02 Å². The molecule has 1 aliphatic carbocycles. The first kappa shape index (κ1) is 14.0. The number of hydrogen-bond donors (Lipinski definition) is 0. The van der Waals surface area contributed by atoms with Crippen LogP contribution in [-0.2, 0) is 18.2 Å². The van der Waals surface area contributed by atoms with E-state index in [1.54, 1.807) is 0 Å². The van der Waals surface area contributed by atoms with Crippen LogP contribution in [0.4, 0.5) is 0 Å². The van der Waals surface area contributed by atoms with E-state index in [1.807, 2.05) is 24.3 Å². The van der Waals surface area contributed by atoms with Gasteiger partial charge in [0, 0.05) is 10.9 Å². The van der Waals surface area contributed by atoms with Crippen LogP contribution in [0.15, 0.2) is 36.4 Å². The van der Waals surface area contributed by atoms with Crippen molar-refractivity contribution in [2.45, 2.75) is 31.0 Å². The summed E-state index contributed by atoms with van der Waals surface area (Å²) in [5, 5.41) is 1.38. The highest BCUT2D eigenvalue weighted by atomic mass is 79.9. The highest BCUT2D eigenvalue weighted by molar-refractivity contribution is 9.08. The fourth-order valence-electron chi connectivity index (χ4n) is 2.66. The Bertz CT molecular complexity index is 624. The van der Waals surface area contributed by atoms with Gasteiger partial charge >= 0.3 is 0 Å². The zero-order chi connectivity index (χ0) is 13.9. The van der Waals surface area contributed by atoms with Crippen molar-refractivity contribution in [3.05, 3.63) is 58.1 Å². The first-order chi connectivity index (χ1) is 9.78. The summed E-state index contributed by atoms with van der Waals surface area (Å²) in [5.41, 5.74) is 3.94. The lowest BCUT2D eigenvalue weighted by Gasteiger charge is -2.17. The van der Waals surface area contributed by atoms with Crippen LogP contribution in [0.1, 0.15) is 29.5 Å². The van der Waals surface area contributed by atoms with Gasteiger partial charge in [-0.15, -0.1) is 0 Å². The first-order valence-corrected chi connectivity index (χ1v) is 8.41.